The van der Waals surface area contributed by atoms with Gasteiger partial charge in [-0.3, -0.25) is 4.98 Å². The van der Waals surface area contributed by atoms with Crippen molar-refractivity contribution in [3.05, 3.63) is 54.7 Å². The van der Waals surface area contributed by atoms with Crippen LogP contribution in [0.15, 0.2) is 48.9 Å². The van der Waals surface area contributed by atoms with Gasteiger partial charge in [0.2, 0.25) is 0 Å². The Balaban J connectivity index is 1.51. The van der Waals surface area contributed by atoms with Crippen molar-refractivity contribution in [2.24, 2.45) is 5.73 Å². The van der Waals surface area contributed by atoms with Gasteiger partial charge < -0.3 is 11.1 Å². The number of pyridine rings is 2. The lowest BCUT2D eigenvalue weighted by molar-refractivity contribution is 0.245. The molecule has 1 aliphatic rings. The van der Waals surface area contributed by atoms with Gasteiger partial charge in [-0.1, -0.05) is 0 Å². The second-order valence-corrected chi connectivity index (χ2v) is 7.60. The van der Waals surface area contributed by atoms with Gasteiger partial charge in [0.15, 0.2) is 5.82 Å². The van der Waals surface area contributed by atoms with E-state index < -0.39 is 5.54 Å². The maximum atomic E-state index is 6.68. The van der Waals surface area contributed by atoms with Crippen LogP contribution < -0.4 is 11.1 Å². The van der Waals surface area contributed by atoms with E-state index in [0.717, 1.165) is 53.5 Å². The second-order valence-electron chi connectivity index (χ2n) is 7.60. The van der Waals surface area contributed by atoms with Gasteiger partial charge in [-0.2, -0.15) is 5.10 Å². The van der Waals surface area contributed by atoms with E-state index in [4.69, 9.17) is 15.8 Å². The summed E-state index contributed by atoms with van der Waals surface area (Å²) in [6, 6.07) is 10.4. The van der Waals surface area contributed by atoms with Crippen LogP contribution in [0.25, 0.3) is 27.8 Å². The van der Waals surface area contributed by atoms with Crippen molar-refractivity contribution >= 4 is 16.6 Å². The van der Waals surface area contributed by atoms with Crippen molar-refractivity contribution in [1.29, 1.82) is 0 Å². The van der Waals surface area contributed by atoms with Crippen molar-refractivity contribution in [1.82, 2.24) is 29.9 Å². The summed E-state index contributed by atoms with van der Waals surface area (Å²) in [4.78, 5) is 13.7. The topological polar surface area (TPSA) is 94.0 Å². The molecular formula is C21H23N7. The maximum absolute atomic E-state index is 6.68. The van der Waals surface area contributed by atoms with Gasteiger partial charge in [-0.05, 0) is 63.1 Å². The summed E-state index contributed by atoms with van der Waals surface area (Å²) in [6.45, 7) is 0. The lowest BCUT2D eigenvalue weighted by Gasteiger charge is -2.35. The molecule has 0 radical (unpaired) electrons. The molecule has 0 aromatic carbocycles. The minimum atomic E-state index is -0.459. The molecule has 1 fully saturated rings. The number of hydrogen-bond acceptors (Lipinski definition) is 6. The lowest BCUT2D eigenvalue weighted by Crippen LogP contribution is -2.45. The predicted molar refractivity (Wildman–Crippen MR) is 109 cm³/mol. The fraction of sp³-hybridized carbons (Fsp3) is 0.333. The first-order valence-electron chi connectivity index (χ1n) is 9.69. The zero-order chi connectivity index (χ0) is 19.1. The third kappa shape index (κ3) is 2.83. The van der Waals surface area contributed by atoms with Gasteiger partial charge in [-0.15, -0.1) is 0 Å². The Kier molecular flexibility index (Phi) is 4.07. The van der Waals surface area contributed by atoms with Crippen molar-refractivity contribution < 1.29 is 0 Å². The van der Waals surface area contributed by atoms with E-state index in [1.807, 2.05) is 54.3 Å². The molecule has 4 aromatic rings. The van der Waals surface area contributed by atoms with Crippen LogP contribution in [-0.4, -0.2) is 37.7 Å². The first kappa shape index (κ1) is 17.2. The second kappa shape index (κ2) is 6.61. The third-order valence-corrected chi connectivity index (χ3v) is 5.88. The van der Waals surface area contributed by atoms with E-state index in [2.05, 4.69) is 15.3 Å². The summed E-state index contributed by atoms with van der Waals surface area (Å²) >= 11 is 0. The van der Waals surface area contributed by atoms with Crippen LogP contribution in [0, 0.1) is 0 Å². The maximum Gasteiger partial charge on any atom is 0.169 e. The number of aromatic nitrogens is 5. The molecular weight excluding hydrogens is 350 g/mol. The minimum Gasteiger partial charge on any atom is -0.319 e. The third-order valence-electron chi connectivity index (χ3n) is 5.88. The first-order valence-corrected chi connectivity index (χ1v) is 9.69. The fourth-order valence-corrected chi connectivity index (χ4v) is 4.10. The average molecular weight is 373 g/mol. The van der Waals surface area contributed by atoms with E-state index in [9.17, 15) is 0 Å². The number of hydrogen-bond donors (Lipinski definition) is 2. The summed E-state index contributed by atoms with van der Waals surface area (Å²) in [5, 5.41) is 8.09. The fourth-order valence-electron chi connectivity index (χ4n) is 4.10. The van der Waals surface area contributed by atoms with Crippen molar-refractivity contribution in [2.75, 3.05) is 7.05 Å². The molecule has 0 amide bonds. The highest BCUT2D eigenvalue weighted by Gasteiger charge is 2.35. The molecule has 0 saturated heterocycles. The highest BCUT2D eigenvalue weighted by Crippen LogP contribution is 2.33. The summed E-state index contributed by atoms with van der Waals surface area (Å²) < 4.78 is 1.87. The predicted octanol–water partition coefficient (Wildman–Crippen LogP) is 2.66. The van der Waals surface area contributed by atoms with E-state index in [1.165, 1.54) is 0 Å². The van der Waals surface area contributed by atoms with Gasteiger partial charge in [0, 0.05) is 24.0 Å². The van der Waals surface area contributed by atoms with Gasteiger partial charge in [-0.25, -0.2) is 14.5 Å². The zero-order valence-corrected chi connectivity index (χ0v) is 15.8. The Morgan fingerprint density at radius 3 is 2.79 bits per heavy atom. The van der Waals surface area contributed by atoms with E-state index in [1.54, 1.807) is 6.20 Å². The van der Waals surface area contributed by atoms with Crippen LogP contribution in [0.4, 0.5) is 0 Å². The molecule has 0 unspecified atom stereocenters. The Labute approximate surface area is 163 Å². The molecule has 5 rings (SSSR count). The molecule has 1 saturated carbocycles. The minimum absolute atomic E-state index is 0.459. The highest BCUT2D eigenvalue weighted by molar-refractivity contribution is 5.83. The Morgan fingerprint density at radius 2 is 1.96 bits per heavy atom. The summed E-state index contributed by atoms with van der Waals surface area (Å²) in [6.07, 6.45) is 9.45. The van der Waals surface area contributed by atoms with Gasteiger partial charge in [0.25, 0.3) is 0 Å². The van der Waals surface area contributed by atoms with E-state index in [0.29, 0.717) is 11.9 Å². The number of nitrogens with one attached hydrogen (secondary N) is 1. The molecule has 4 aromatic heterocycles. The Hall–Kier alpha value is -2.90. The van der Waals surface area contributed by atoms with Crippen molar-refractivity contribution in [3.8, 4) is 11.3 Å². The largest absolute Gasteiger partial charge is 0.319 e. The van der Waals surface area contributed by atoms with E-state index >= 15 is 0 Å². The van der Waals surface area contributed by atoms with Crippen LogP contribution in [0.2, 0.25) is 0 Å². The quantitative estimate of drug-likeness (QED) is 0.573. The molecule has 142 valence electrons. The average Bonchev–Trinajstić information content (AvgIpc) is 3.17. The molecule has 7 heteroatoms. The molecule has 28 heavy (non-hydrogen) atoms. The van der Waals surface area contributed by atoms with Crippen LogP contribution in [0.1, 0.15) is 31.5 Å². The van der Waals surface area contributed by atoms with Crippen LogP contribution >= 0.6 is 0 Å². The molecule has 1 aliphatic carbocycles. The van der Waals surface area contributed by atoms with Crippen molar-refractivity contribution in [2.45, 2.75) is 37.3 Å². The summed E-state index contributed by atoms with van der Waals surface area (Å²) in [7, 11) is 2.01. The Morgan fingerprint density at radius 1 is 1.11 bits per heavy atom. The molecule has 0 atom stereocenters. The van der Waals surface area contributed by atoms with Gasteiger partial charge in [0.05, 0.1) is 34.0 Å². The van der Waals surface area contributed by atoms with Crippen molar-refractivity contribution in [3.63, 3.8) is 0 Å². The standard InChI is InChI=1S/C21H23N7/c1-23-14-6-9-21(22,10-7-14)20-25-13-19-15(8-12-28(19)27-20)16-4-5-17-18(26-16)3-2-11-24-17/h2-5,8,11-14,23H,6-7,9-10,22H2,1H3. The monoisotopic (exact) mass is 373 g/mol. The molecule has 4 heterocycles. The molecule has 0 bridgehead atoms. The number of rotatable bonds is 3. The van der Waals surface area contributed by atoms with Gasteiger partial charge >= 0.3 is 0 Å². The number of nitrogens with two attached hydrogens (primary N) is 1. The van der Waals surface area contributed by atoms with Crippen LogP contribution in [0.3, 0.4) is 0 Å². The van der Waals surface area contributed by atoms with Crippen LogP contribution in [-0.2, 0) is 5.54 Å². The smallest absolute Gasteiger partial charge is 0.169 e. The first-order chi connectivity index (χ1) is 13.7. The molecule has 0 spiro atoms. The molecule has 7 nitrogen and oxygen atoms in total. The van der Waals surface area contributed by atoms with Crippen LogP contribution in [0.5, 0.6) is 0 Å². The molecule has 3 N–H and O–H groups in total. The van der Waals surface area contributed by atoms with Gasteiger partial charge in [0.1, 0.15) is 0 Å². The lowest BCUT2D eigenvalue weighted by atomic mass is 9.79. The Bertz CT molecular complexity index is 1140. The summed E-state index contributed by atoms with van der Waals surface area (Å²) in [5.74, 6) is 0.715. The summed E-state index contributed by atoms with van der Waals surface area (Å²) in [5.41, 5.74) is 10.8. The number of nitrogens with zero attached hydrogens (tertiary/aromatic N) is 5. The molecule has 0 aliphatic heterocycles. The van der Waals surface area contributed by atoms with E-state index in [-0.39, 0.29) is 0 Å². The highest BCUT2D eigenvalue weighted by atomic mass is 15.3. The normalized spacial score (nSPS) is 22.7. The SMILES string of the molecule is CNC1CCC(N)(c2ncc3c(-c4ccc5ncccc5n4)ccn3n2)CC1. The zero-order valence-electron chi connectivity index (χ0n) is 15.8. The number of fused-ring (bicyclic) bond motifs is 2.